The van der Waals surface area contributed by atoms with E-state index in [-0.39, 0.29) is 11.6 Å². The second-order valence-corrected chi connectivity index (χ2v) is 4.77. The first-order valence-electron chi connectivity index (χ1n) is 6.71. The Kier molecular flexibility index (Phi) is 3.55. The largest absolute Gasteiger partial charge is 0.383 e. The average Bonchev–Trinajstić information content (AvgIpc) is 2.55. The van der Waals surface area contributed by atoms with Crippen LogP contribution in [0.4, 0.5) is 10.2 Å². The molecule has 0 aliphatic carbocycles. The first-order chi connectivity index (χ1) is 10.7. The summed E-state index contributed by atoms with van der Waals surface area (Å²) >= 11 is 0. The van der Waals surface area contributed by atoms with Crippen molar-refractivity contribution in [3.05, 3.63) is 72.0 Å². The van der Waals surface area contributed by atoms with E-state index in [0.717, 1.165) is 5.56 Å². The maximum atomic E-state index is 14.0. The zero-order valence-electron chi connectivity index (χ0n) is 11.6. The fourth-order valence-corrected chi connectivity index (χ4v) is 2.33. The third kappa shape index (κ3) is 2.40. The number of pyridine rings is 1. The summed E-state index contributed by atoms with van der Waals surface area (Å²) in [6.45, 7) is 0. The van der Waals surface area contributed by atoms with Gasteiger partial charge in [0, 0.05) is 11.1 Å². The Balaban J connectivity index is 2.27. The van der Waals surface area contributed by atoms with Gasteiger partial charge in [-0.15, -0.1) is 0 Å². The third-order valence-electron chi connectivity index (χ3n) is 3.39. The van der Waals surface area contributed by atoms with Crippen LogP contribution in [0.5, 0.6) is 0 Å². The smallest absolute Gasteiger partial charge is 0.142 e. The van der Waals surface area contributed by atoms with E-state index in [4.69, 9.17) is 5.73 Å². The van der Waals surface area contributed by atoms with Crippen molar-refractivity contribution in [2.45, 2.75) is 0 Å². The van der Waals surface area contributed by atoms with E-state index in [9.17, 15) is 9.65 Å². The molecule has 0 spiro atoms. The number of nitrogen functional groups attached to an aromatic ring is 1. The summed E-state index contributed by atoms with van der Waals surface area (Å²) in [6.07, 6.45) is 0. The molecule has 3 nitrogen and oxygen atoms in total. The number of hydrogen-bond donors (Lipinski definition) is 1. The average molecular weight is 289 g/mol. The normalized spacial score (nSPS) is 10.2. The minimum atomic E-state index is -0.377. The van der Waals surface area contributed by atoms with Crippen LogP contribution in [-0.4, -0.2) is 4.98 Å². The molecule has 1 heterocycles. The zero-order chi connectivity index (χ0) is 15.5. The van der Waals surface area contributed by atoms with Crippen molar-refractivity contribution < 1.29 is 4.39 Å². The number of nitrogens with two attached hydrogens (primary N) is 1. The van der Waals surface area contributed by atoms with Crippen LogP contribution < -0.4 is 5.73 Å². The molecule has 22 heavy (non-hydrogen) atoms. The van der Waals surface area contributed by atoms with Gasteiger partial charge in [0.1, 0.15) is 23.3 Å². The van der Waals surface area contributed by atoms with Crippen molar-refractivity contribution in [2.75, 3.05) is 5.73 Å². The molecule has 1 aromatic heterocycles. The van der Waals surface area contributed by atoms with E-state index in [1.807, 2.05) is 30.3 Å². The fraction of sp³-hybridized carbons (Fsp3) is 0. The van der Waals surface area contributed by atoms with Gasteiger partial charge < -0.3 is 5.73 Å². The maximum absolute atomic E-state index is 14.0. The number of nitrogens with zero attached hydrogens (tertiary/aromatic N) is 2. The highest BCUT2D eigenvalue weighted by Gasteiger charge is 2.14. The monoisotopic (exact) mass is 289 g/mol. The number of anilines is 1. The summed E-state index contributed by atoms with van der Waals surface area (Å²) in [7, 11) is 0. The highest BCUT2D eigenvalue weighted by Crippen LogP contribution is 2.31. The number of benzene rings is 2. The number of aromatic nitrogens is 1. The van der Waals surface area contributed by atoms with Gasteiger partial charge in [0.15, 0.2) is 0 Å². The molecule has 0 saturated heterocycles. The minimum Gasteiger partial charge on any atom is -0.383 e. The Hall–Kier alpha value is -3.19. The quantitative estimate of drug-likeness (QED) is 0.775. The van der Waals surface area contributed by atoms with Crippen LogP contribution in [0, 0.1) is 17.1 Å². The predicted octanol–water partition coefficient (Wildman–Crippen LogP) is 4.01. The van der Waals surface area contributed by atoms with Gasteiger partial charge in [-0.3, -0.25) is 0 Å². The standard InChI is InChI=1S/C18H12FN3/c19-16-9-5-4-8-13(16)17-10-14(12-6-2-1-3-7-12)15(11-20)18(21)22-17/h1-10H,(H2,21,22). The Bertz CT molecular complexity index is 867. The fourth-order valence-electron chi connectivity index (χ4n) is 2.33. The van der Waals surface area contributed by atoms with Gasteiger partial charge in [-0.1, -0.05) is 42.5 Å². The second kappa shape index (κ2) is 5.66. The summed E-state index contributed by atoms with van der Waals surface area (Å²) < 4.78 is 14.0. The highest BCUT2D eigenvalue weighted by molar-refractivity contribution is 5.80. The molecule has 4 heteroatoms. The van der Waals surface area contributed by atoms with Crippen molar-refractivity contribution in [1.29, 1.82) is 5.26 Å². The minimum absolute atomic E-state index is 0.0992. The van der Waals surface area contributed by atoms with E-state index in [1.54, 1.807) is 24.3 Å². The van der Waals surface area contributed by atoms with Gasteiger partial charge in [-0.2, -0.15) is 5.26 Å². The molecule has 2 aromatic carbocycles. The van der Waals surface area contributed by atoms with Crippen LogP contribution in [-0.2, 0) is 0 Å². The topological polar surface area (TPSA) is 62.7 Å². The molecule has 0 amide bonds. The molecule has 0 aliphatic rings. The lowest BCUT2D eigenvalue weighted by Gasteiger charge is -2.10. The van der Waals surface area contributed by atoms with Crippen molar-refractivity contribution in [1.82, 2.24) is 4.98 Å². The van der Waals surface area contributed by atoms with Gasteiger partial charge in [0.05, 0.1) is 5.69 Å². The van der Waals surface area contributed by atoms with Crippen molar-refractivity contribution >= 4 is 5.82 Å². The first kappa shape index (κ1) is 13.8. The summed E-state index contributed by atoms with van der Waals surface area (Å²) in [5.41, 5.74) is 8.45. The lowest BCUT2D eigenvalue weighted by atomic mass is 9.98. The van der Waals surface area contributed by atoms with Crippen LogP contribution in [0.15, 0.2) is 60.7 Å². The second-order valence-electron chi connectivity index (χ2n) is 4.77. The van der Waals surface area contributed by atoms with E-state index in [2.05, 4.69) is 11.1 Å². The summed E-state index contributed by atoms with van der Waals surface area (Å²) in [4.78, 5) is 4.18. The number of rotatable bonds is 2. The van der Waals surface area contributed by atoms with Crippen LogP contribution in [0.1, 0.15) is 5.56 Å². The van der Waals surface area contributed by atoms with Gasteiger partial charge in [0.25, 0.3) is 0 Å². The van der Waals surface area contributed by atoms with Crippen molar-refractivity contribution in [3.8, 4) is 28.5 Å². The molecule has 0 bridgehead atoms. The Morgan fingerprint density at radius 2 is 1.64 bits per heavy atom. The molecule has 0 unspecified atom stereocenters. The maximum Gasteiger partial charge on any atom is 0.142 e. The van der Waals surface area contributed by atoms with Crippen LogP contribution in [0.2, 0.25) is 0 Å². The van der Waals surface area contributed by atoms with E-state index >= 15 is 0 Å². The van der Waals surface area contributed by atoms with Gasteiger partial charge >= 0.3 is 0 Å². The lowest BCUT2D eigenvalue weighted by Crippen LogP contribution is -2.00. The first-order valence-corrected chi connectivity index (χ1v) is 6.71. The van der Waals surface area contributed by atoms with Crippen molar-refractivity contribution in [2.24, 2.45) is 0 Å². The SMILES string of the molecule is N#Cc1c(-c2ccccc2)cc(-c2ccccc2F)nc1N. The lowest BCUT2D eigenvalue weighted by molar-refractivity contribution is 0.631. The summed E-state index contributed by atoms with van der Waals surface area (Å²) in [5.74, 6) is -0.278. The molecule has 0 radical (unpaired) electrons. The molecule has 106 valence electrons. The molecular formula is C18H12FN3. The van der Waals surface area contributed by atoms with E-state index in [0.29, 0.717) is 22.4 Å². The zero-order valence-corrected chi connectivity index (χ0v) is 11.6. The molecule has 0 aliphatic heterocycles. The Labute approximate surface area is 127 Å². The molecule has 0 saturated carbocycles. The number of hydrogen-bond acceptors (Lipinski definition) is 3. The predicted molar refractivity (Wildman–Crippen MR) is 84.2 cm³/mol. The van der Waals surface area contributed by atoms with Gasteiger partial charge in [0.2, 0.25) is 0 Å². The van der Waals surface area contributed by atoms with E-state index in [1.165, 1.54) is 6.07 Å². The highest BCUT2D eigenvalue weighted by atomic mass is 19.1. The van der Waals surface area contributed by atoms with Crippen LogP contribution in [0.3, 0.4) is 0 Å². The number of nitriles is 1. The Morgan fingerprint density at radius 3 is 2.32 bits per heavy atom. The number of halogens is 1. The molecule has 3 rings (SSSR count). The molecule has 0 atom stereocenters. The molecule has 2 N–H and O–H groups in total. The summed E-state index contributed by atoms with van der Waals surface area (Å²) in [6, 6.07) is 19.5. The van der Waals surface area contributed by atoms with Crippen LogP contribution >= 0.6 is 0 Å². The van der Waals surface area contributed by atoms with Gasteiger partial charge in [-0.25, -0.2) is 9.37 Å². The molecule has 0 fully saturated rings. The molecule has 3 aromatic rings. The Morgan fingerprint density at radius 1 is 0.955 bits per heavy atom. The third-order valence-corrected chi connectivity index (χ3v) is 3.39. The van der Waals surface area contributed by atoms with Crippen molar-refractivity contribution in [3.63, 3.8) is 0 Å². The van der Waals surface area contributed by atoms with Crippen LogP contribution in [0.25, 0.3) is 22.4 Å². The van der Waals surface area contributed by atoms with E-state index < -0.39 is 0 Å². The molecular weight excluding hydrogens is 277 g/mol. The summed E-state index contributed by atoms with van der Waals surface area (Å²) in [5, 5.41) is 9.33. The van der Waals surface area contributed by atoms with Gasteiger partial charge in [-0.05, 0) is 23.8 Å².